The maximum atomic E-state index is 9.10. The van der Waals surface area contributed by atoms with E-state index in [1.54, 1.807) is 0 Å². The average molecular weight is 293 g/mol. The van der Waals surface area contributed by atoms with Gasteiger partial charge in [0.2, 0.25) is 0 Å². The first-order chi connectivity index (χ1) is 9.61. The summed E-state index contributed by atoms with van der Waals surface area (Å²) in [5, 5.41) is 13.2. The molecule has 2 rings (SSSR count). The minimum atomic E-state index is 0.212. The first kappa shape index (κ1) is 15.2. The van der Waals surface area contributed by atoms with E-state index in [0.29, 0.717) is 12.1 Å². The van der Waals surface area contributed by atoms with Gasteiger partial charge in [0.1, 0.15) is 0 Å². The predicted molar refractivity (Wildman–Crippen MR) is 87.0 cm³/mol. The Bertz CT molecular complexity index is 440. The van der Waals surface area contributed by atoms with Gasteiger partial charge in [-0.05, 0) is 38.2 Å². The lowest BCUT2D eigenvalue weighted by Crippen LogP contribution is -2.59. The summed E-state index contributed by atoms with van der Waals surface area (Å²) in [6.45, 7) is 7.12. The summed E-state index contributed by atoms with van der Waals surface area (Å²) in [6.07, 6.45) is 0. The van der Waals surface area contributed by atoms with E-state index in [9.17, 15) is 0 Å². The molecule has 0 bridgehead atoms. The molecule has 1 aromatic carbocycles. The molecule has 4 nitrogen and oxygen atoms in total. The monoisotopic (exact) mass is 293 g/mol. The van der Waals surface area contributed by atoms with Crippen LogP contribution < -0.4 is 5.32 Å². The highest BCUT2D eigenvalue weighted by Gasteiger charge is 2.29. The lowest BCUT2D eigenvalue weighted by atomic mass is 10.1. The molecule has 1 aliphatic heterocycles. The smallest absolute Gasteiger partial charge is 0.173 e. The second-order valence-corrected chi connectivity index (χ2v) is 5.75. The van der Waals surface area contributed by atoms with Crippen molar-refractivity contribution in [3.63, 3.8) is 0 Å². The van der Waals surface area contributed by atoms with Gasteiger partial charge in [0.25, 0.3) is 0 Å². The van der Waals surface area contributed by atoms with Crippen LogP contribution in [0.2, 0.25) is 0 Å². The Hall–Kier alpha value is -1.17. The molecule has 0 radical (unpaired) electrons. The van der Waals surface area contributed by atoms with Crippen LogP contribution in [0.3, 0.4) is 0 Å². The first-order valence-corrected chi connectivity index (χ1v) is 7.50. The Morgan fingerprint density at radius 1 is 1.25 bits per heavy atom. The summed E-state index contributed by atoms with van der Waals surface area (Å²) in [5.41, 5.74) is 1.02. The molecule has 0 unspecified atom stereocenters. The molecule has 2 atom stereocenters. The second kappa shape index (κ2) is 7.02. The van der Waals surface area contributed by atoms with Crippen LogP contribution in [0.1, 0.15) is 13.8 Å². The molecule has 1 aliphatic rings. The summed E-state index contributed by atoms with van der Waals surface area (Å²) in [6, 6.07) is 10.8. The number of aliphatic hydroxyl groups is 1. The lowest BCUT2D eigenvalue weighted by molar-refractivity contribution is 0.0706. The normalized spacial score (nSPS) is 23.6. The molecule has 1 fully saturated rings. The molecular weight excluding hydrogens is 270 g/mol. The number of anilines is 1. The van der Waals surface area contributed by atoms with Crippen LogP contribution in [0.15, 0.2) is 30.3 Å². The fourth-order valence-electron chi connectivity index (χ4n) is 2.64. The maximum Gasteiger partial charge on any atom is 0.173 e. The zero-order chi connectivity index (χ0) is 14.5. The molecule has 5 heteroatoms. The molecule has 1 saturated heterocycles. The molecule has 1 aromatic rings. The van der Waals surface area contributed by atoms with E-state index >= 15 is 0 Å². The minimum Gasteiger partial charge on any atom is -0.395 e. The summed E-state index contributed by atoms with van der Waals surface area (Å²) in [4.78, 5) is 4.55. The molecule has 0 spiro atoms. The van der Waals surface area contributed by atoms with Gasteiger partial charge >= 0.3 is 0 Å². The van der Waals surface area contributed by atoms with E-state index in [1.807, 2.05) is 30.3 Å². The summed E-state index contributed by atoms with van der Waals surface area (Å²) >= 11 is 5.54. The van der Waals surface area contributed by atoms with Gasteiger partial charge in [-0.15, -0.1) is 0 Å². The molecule has 0 aromatic heterocycles. The third-order valence-corrected chi connectivity index (χ3v) is 4.12. The summed E-state index contributed by atoms with van der Waals surface area (Å²) in [7, 11) is 0. The van der Waals surface area contributed by atoms with Gasteiger partial charge in [-0.2, -0.15) is 0 Å². The third-order valence-electron chi connectivity index (χ3n) is 3.79. The predicted octanol–water partition coefficient (Wildman–Crippen LogP) is 1.77. The first-order valence-electron chi connectivity index (χ1n) is 7.09. The number of hydrogen-bond acceptors (Lipinski definition) is 3. The molecule has 110 valence electrons. The molecule has 0 amide bonds. The highest BCUT2D eigenvalue weighted by Crippen LogP contribution is 2.17. The SMILES string of the molecule is C[C@@H]1CN(C(=S)Nc2ccccc2)[C@H](C)CN1CCO. The number of hydrogen-bond donors (Lipinski definition) is 2. The van der Waals surface area contributed by atoms with E-state index in [0.717, 1.165) is 30.4 Å². The largest absolute Gasteiger partial charge is 0.395 e. The molecule has 2 N–H and O–H groups in total. The van der Waals surface area contributed by atoms with Crippen LogP contribution >= 0.6 is 12.2 Å². The topological polar surface area (TPSA) is 38.7 Å². The molecule has 20 heavy (non-hydrogen) atoms. The zero-order valence-corrected chi connectivity index (χ0v) is 12.9. The molecule has 1 heterocycles. The van der Waals surface area contributed by atoms with Crippen molar-refractivity contribution in [3.05, 3.63) is 30.3 Å². The molecule has 0 saturated carbocycles. The van der Waals surface area contributed by atoms with Crippen molar-refractivity contribution in [2.75, 3.05) is 31.6 Å². The van der Waals surface area contributed by atoms with E-state index in [2.05, 4.69) is 29.0 Å². The van der Waals surface area contributed by atoms with Crippen LogP contribution in [0, 0.1) is 0 Å². The van der Waals surface area contributed by atoms with Crippen molar-refractivity contribution in [1.82, 2.24) is 9.80 Å². The van der Waals surface area contributed by atoms with Crippen molar-refractivity contribution in [3.8, 4) is 0 Å². The summed E-state index contributed by atoms with van der Waals surface area (Å²) in [5.74, 6) is 0. The fraction of sp³-hybridized carbons (Fsp3) is 0.533. The molecule has 0 aliphatic carbocycles. The number of para-hydroxylation sites is 1. The minimum absolute atomic E-state index is 0.212. The van der Waals surface area contributed by atoms with Crippen molar-refractivity contribution in [1.29, 1.82) is 0 Å². The average Bonchev–Trinajstić information content (AvgIpc) is 2.43. The number of benzene rings is 1. The Balaban J connectivity index is 1.97. The van der Waals surface area contributed by atoms with Gasteiger partial charge in [0.05, 0.1) is 6.61 Å². The van der Waals surface area contributed by atoms with Crippen LogP contribution in [-0.2, 0) is 0 Å². The van der Waals surface area contributed by atoms with Gasteiger partial charge in [-0.1, -0.05) is 18.2 Å². The van der Waals surface area contributed by atoms with E-state index in [-0.39, 0.29) is 6.61 Å². The van der Waals surface area contributed by atoms with Crippen molar-refractivity contribution in [2.45, 2.75) is 25.9 Å². The molecular formula is C15H23N3OS. The van der Waals surface area contributed by atoms with Gasteiger partial charge < -0.3 is 15.3 Å². The van der Waals surface area contributed by atoms with Crippen LogP contribution in [0.5, 0.6) is 0 Å². The quantitative estimate of drug-likeness (QED) is 0.831. The summed E-state index contributed by atoms with van der Waals surface area (Å²) < 4.78 is 0. The van der Waals surface area contributed by atoms with Gasteiger partial charge in [0.15, 0.2) is 5.11 Å². The highest BCUT2D eigenvalue weighted by molar-refractivity contribution is 7.80. The maximum absolute atomic E-state index is 9.10. The van der Waals surface area contributed by atoms with Gasteiger partial charge in [-0.3, -0.25) is 4.90 Å². The number of rotatable bonds is 3. The number of piperazine rings is 1. The van der Waals surface area contributed by atoms with Crippen LogP contribution in [0.25, 0.3) is 0 Å². The Labute approximate surface area is 126 Å². The van der Waals surface area contributed by atoms with Crippen LogP contribution in [-0.4, -0.2) is 58.3 Å². The number of thiocarbonyl (C=S) groups is 1. The van der Waals surface area contributed by atoms with Gasteiger partial charge in [0, 0.05) is 37.4 Å². The van der Waals surface area contributed by atoms with Crippen molar-refractivity contribution < 1.29 is 5.11 Å². The zero-order valence-electron chi connectivity index (χ0n) is 12.1. The number of aliphatic hydroxyl groups excluding tert-OH is 1. The van der Waals surface area contributed by atoms with Crippen molar-refractivity contribution in [2.24, 2.45) is 0 Å². The Morgan fingerprint density at radius 2 is 1.95 bits per heavy atom. The van der Waals surface area contributed by atoms with Crippen LogP contribution in [0.4, 0.5) is 5.69 Å². The van der Waals surface area contributed by atoms with E-state index in [4.69, 9.17) is 17.3 Å². The lowest BCUT2D eigenvalue weighted by Gasteiger charge is -2.45. The number of β-amino-alcohol motifs (C(OH)–C–C–N with tert-alkyl or cyclic N) is 1. The number of nitrogens with zero attached hydrogens (tertiary/aromatic N) is 2. The highest BCUT2D eigenvalue weighted by atomic mass is 32.1. The Morgan fingerprint density at radius 3 is 2.60 bits per heavy atom. The Kier molecular flexibility index (Phi) is 5.34. The standard InChI is InChI=1S/C15H23N3OS/c1-12-11-18(13(2)10-17(12)8-9-19)15(20)16-14-6-4-3-5-7-14/h3-7,12-13,19H,8-11H2,1-2H3,(H,16,20)/t12-,13-/m1/s1. The van der Waals surface area contributed by atoms with Gasteiger partial charge in [-0.25, -0.2) is 0 Å². The van der Waals surface area contributed by atoms with E-state index < -0.39 is 0 Å². The second-order valence-electron chi connectivity index (χ2n) is 5.37. The third kappa shape index (κ3) is 3.69. The van der Waals surface area contributed by atoms with E-state index in [1.165, 1.54) is 0 Å². The number of nitrogens with one attached hydrogen (secondary N) is 1. The van der Waals surface area contributed by atoms with Crippen molar-refractivity contribution >= 4 is 23.0 Å². The fourth-order valence-corrected chi connectivity index (χ4v) is 3.01.